The van der Waals surface area contributed by atoms with E-state index in [9.17, 15) is 4.79 Å². The molecule has 1 fully saturated rings. The fourth-order valence-electron chi connectivity index (χ4n) is 4.63. The van der Waals surface area contributed by atoms with Gasteiger partial charge >= 0.3 is 0 Å². The molecule has 1 aliphatic heterocycles. The number of thioether (sulfide) groups is 1. The van der Waals surface area contributed by atoms with Crippen molar-refractivity contribution in [2.75, 3.05) is 12.3 Å². The fourth-order valence-corrected chi connectivity index (χ4v) is 5.87. The number of hydrogen-bond acceptors (Lipinski definition) is 3. The van der Waals surface area contributed by atoms with E-state index < -0.39 is 0 Å². The number of nitrogens with one attached hydrogen (secondary N) is 2. The Kier molecular flexibility index (Phi) is 16.5. The number of amides is 1. The highest BCUT2D eigenvalue weighted by Gasteiger charge is 2.30. The zero-order valence-electron chi connectivity index (χ0n) is 21.3. The van der Waals surface area contributed by atoms with Gasteiger partial charge in [0.1, 0.15) is 0 Å². The van der Waals surface area contributed by atoms with E-state index in [0.29, 0.717) is 0 Å². The molecular weight excluding hydrogens is 424 g/mol. The predicted octanol–water partition coefficient (Wildman–Crippen LogP) is 8.16. The topological polar surface area (TPSA) is 41.1 Å². The largest absolute Gasteiger partial charge is 0.355 e. The third-order valence-electron chi connectivity index (χ3n) is 6.78. The van der Waals surface area contributed by atoms with Crippen LogP contribution in [0.5, 0.6) is 0 Å². The molecule has 2 N–H and O–H groups in total. The van der Waals surface area contributed by atoms with Crippen molar-refractivity contribution in [1.29, 1.82) is 0 Å². The molecule has 0 bridgehead atoms. The van der Waals surface area contributed by atoms with Gasteiger partial charge in [0.25, 0.3) is 0 Å². The highest BCUT2D eigenvalue weighted by molar-refractivity contribution is 7.99. The molecule has 3 nitrogen and oxygen atoms in total. The van der Waals surface area contributed by atoms with Gasteiger partial charge in [0.05, 0.1) is 11.4 Å². The molecule has 2 atom stereocenters. The summed E-state index contributed by atoms with van der Waals surface area (Å²) < 4.78 is 0. The lowest BCUT2D eigenvalue weighted by atomic mass is 10.0. The summed E-state index contributed by atoms with van der Waals surface area (Å²) in [4.78, 5) is 12.4. The average Bonchev–Trinajstić information content (AvgIpc) is 3.34. The van der Waals surface area contributed by atoms with Crippen molar-refractivity contribution in [3.8, 4) is 0 Å². The van der Waals surface area contributed by atoms with Gasteiger partial charge in [-0.1, -0.05) is 140 Å². The second kappa shape index (κ2) is 19.3. The van der Waals surface area contributed by atoms with Gasteiger partial charge in [-0.2, -0.15) is 0 Å². The van der Waals surface area contributed by atoms with Gasteiger partial charge < -0.3 is 5.32 Å². The van der Waals surface area contributed by atoms with E-state index in [1.54, 1.807) is 0 Å². The Morgan fingerprint density at radius 1 is 0.788 bits per heavy atom. The lowest BCUT2D eigenvalue weighted by Crippen LogP contribution is -2.42. The van der Waals surface area contributed by atoms with Crippen molar-refractivity contribution < 1.29 is 4.79 Å². The van der Waals surface area contributed by atoms with Crippen molar-refractivity contribution in [2.24, 2.45) is 0 Å². The monoisotopic (exact) mass is 474 g/mol. The highest BCUT2D eigenvalue weighted by atomic mass is 32.2. The summed E-state index contributed by atoms with van der Waals surface area (Å²) in [5.41, 5.74) is 1.26. The van der Waals surface area contributed by atoms with Crippen LogP contribution in [0.4, 0.5) is 0 Å². The van der Waals surface area contributed by atoms with Crippen LogP contribution in [-0.4, -0.2) is 24.2 Å². The lowest BCUT2D eigenvalue weighted by Gasteiger charge is -2.13. The molecule has 1 heterocycles. The van der Waals surface area contributed by atoms with Crippen molar-refractivity contribution in [3.05, 3.63) is 35.9 Å². The average molecular weight is 475 g/mol. The highest BCUT2D eigenvalue weighted by Crippen LogP contribution is 2.32. The van der Waals surface area contributed by atoms with Crippen molar-refractivity contribution in [2.45, 2.75) is 127 Å². The fraction of sp³-hybridized carbons (Fsp3) is 0.759. The number of hydrogen-bond donors (Lipinski definition) is 2. The Morgan fingerprint density at radius 2 is 1.27 bits per heavy atom. The van der Waals surface area contributed by atoms with Crippen LogP contribution in [0, 0.1) is 0 Å². The van der Waals surface area contributed by atoms with Gasteiger partial charge in [-0.25, -0.2) is 0 Å². The smallest absolute Gasteiger partial charge is 0.238 e. The Hall–Kier alpha value is -1.00. The van der Waals surface area contributed by atoms with Gasteiger partial charge in [-0.05, 0) is 12.0 Å². The SMILES string of the molecule is CCCCCCCCCCCCCCCCCCCNC(=O)[C@H]1CSC(c2ccccc2)N1. The normalized spacial score (nSPS) is 18.0. The Morgan fingerprint density at radius 3 is 1.79 bits per heavy atom. The summed E-state index contributed by atoms with van der Waals surface area (Å²) in [5, 5.41) is 6.84. The van der Waals surface area contributed by atoms with E-state index in [1.807, 2.05) is 17.8 Å². The number of benzene rings is 1. The maximum Gasteiger partial charge on any atom is 0.238 e. The van der Waals surface area contributed by atoms with E-state index in [4.69, 9.17) is 0 Å². The second-order valence-corrected chi connectivity index (χ2v) is 10.9. The first-order valence-electron chi connectivity index (χ1n) is 14.0. The molecule has 188 valence electrons. The molecular formula is C29H50N2OS. The summed E-state index contributed by atoms with van der Waals surface area (Å²) in [6.45, 7) is 3.11. The third-order valence-corrected chi connectivity index (χ3v) is 8.05. The minimum atomic E-state index is -0.0639. The zero-order chi connectivity index (χ0) is 23.4. The zero-order valence-corrected chi connectivity index (χ0v) is 22.1. The summed E-state index contributed by atoms with van der Waals surface area (Å²) in [6.07, 6.45) is 23.5. The van der Waals surface area contributed by atoms with Crippen LogP contribution in [-0.2, 0) is 4.79 Å². The molecule has 0 aromatic heterocycles. The number of carbonyl (C=O) groups is 1. The standard InChI is InChI=1S/C29H50N2OS/c1-2-3-4-5-6-7-8-9-10-11-12-13-14-15-16-17-21-24-30-28(32)27-25-33-29(31-27)26-22-19-18-20-23-26/h18-20,22-23,27,29,31H,2-17,21,24-25H2,1H3,(H,30,32)/t27-,29?/m1/s1. The van der Waals surface area contributed by atoms with E-state index in [2.05, 4.69) is 41.8 Å². The molecule has 1 amide bonds. The maximum absolute atomic E-state index is 12.4. The Bertz CT molecular complexity index is 595. The molecule has 2 rings (SSSR count). The summed E-state index contributed by atoms with van der Waals surface area (Å²) >= 11 is 1.83. The van der Waals surface area contributed by atoms with Crippen LogP contribution < -0.4 is 10.6 Å². The van der Waals surface area contributed by atoms with Gasteiger partial charge in [0, 0.05) is 12.3 Å². The molecule has 0 aliphatic carbocycles. The second-order valence-electron chi connectivity index (χ2n) is 9.79. The first-order chi connectivity index (χ1) is 16.3. The van der Waals surface area contributed by atoms with Crippen LogP contribution in [0.15, 0.2) is 30.3 Å². The van der Waals surface area contributed by atoms with Gasteiger partial charge in [0.2, 0.25) is 5.91 Å². The van der Waals surface area contributed by atoms with E-state index >= 15 is 0 Å². The Labute approximate surface area is 208 Å². The summed E-state index contributed by atoms with van der Waals surface area (Å²) in [5.74, 6) is 1.02. The maximum atomic E-state index is 12.4. The quantitative estimate of drug-likeness (QED) is 0.187. The molecule has 33 heavy (non-hydrogen) atoms. The molecule has 1 aliphatic rings. The number of rotatable bonds is 20. The number of carbonyl (C=O) groups excluding carboxylic acids is 1. The van der Waals surface area contributed by atoms with Gasteiger partial charge in [0.15, 0.2) is 0 Å². The van der Waals surface area contributed by atoms with E-state index in [-0.39, 0.29) is 17.3 Å². The van der Waals surface area contributed by atoms with Crippen molar-refractivity contribution in [3.63, 3.8) is 0 Å². The van der Waals surface area contributed by atoms with E-state index in [1.165, 1.54) is 108 Å². The molecule has 4 heteroatoms. The molecule has 0 radical (unpaired) electrons. The Balaban J connectivity index is 1.31. The van der Waals surface area contributed by atoms with Crippen molar-refractivity contribution in [1.82, 2.24) is 10.6 Å². The lowest BCUT2D eigenvalue weighted by molar-refractivity contribution is -0.122. The minimum absolute atomic E-state index is 0.0639. The van der Waals surface area contributed by atoms with Crippen LogP contribution in [0.25, 0.3) is 0 Å². The van der Waals surface area contributed by atoms with Crippen molar-refractivity contribution >= 4 is 17.7 Å². The van der Waals surface area contributed by atoms with Gasteiger partial charge in [-0.3, -0.25) is 10.1 Å². The van der Waals surface area contributed by atoms with Crippen LogP contribution in [0.3, 0.4) is 0 Å². The molecule has 1 unspecified atom stereocenters. The molecule has 1 aromatic rings. The minimum Gasteiger partial charge on any atom is -0.355 e. The first kappa shape index (κ1) is 28.2. The van der Waals surface area contributed by atoms with E-state index in [0.717, 1.165) is 18.7 Å². The molecule has 1 saturated heterocycles. The summed E-state index contributed by atoms with van der Waals surface area (Å²) in [7, 11) is 0. The molecule has 0 spiro atoms. The molecule has 1 aromatic carbocycles. The van der Waals surface area contributed by atoms with Crippen LogP contribution >= 0.6 is 11.8 Å². The van der Waals surface area contributed by atoms with Crippen LogP contribution in [0.2, 0.25) is 0 Å². The van der Waals surface area contributed by atoms with Crippen LogP contribution in [0.1, 0.15) is 127 Å². The number of unbranched alkanes of at least 4 members (excludes halogenated alkanes) is 16. The predicted molar refractivity (Wildman–Crippen MR) is 146 cm³/mol. The summed E-state index contributed by atoms with van der Waals surface area (Å²) in [6, 6.07) is 10.3. The first-order valence-corrected chi connectivity index (χ1v) is 15.1. The third kappa shape index (κ3) is 13.5. The molecule has 0 saturated carbocycles. The van der Waals surface area contributed by atoms with Gasteiger partial charge in [-0.15, -0.1) is 11.8 Å².